The molecule has 0 spiro atoms. The monoisotopic (exact) mass is 403 g/mol. The summed E-state index contributed by atoms with van der Waals surface area (Å²) in [5.74, 6) is 2.84. The molecule has 10 nitrogen and oxygen atoms in total. The van der Waals surface area contributed by atoms with Crippen molar-refractivity contribution in [3.8, 4) is 17.0 Å². The number of methoxy groups -OCH3 is 1. The largest absolute Gasteiger partial charge is 0.496 e. The molecule has 3 heterocycles. The quantitative estimate of drug-likeness (QED) is 0.407. The van der Waals surface area contributed by atoms with Crippen LogP contribution in [0, 0.1) is 0 Å². The van der Waals surface area contributed by atoms with Crippen molar-refractivity contribution in [2.24, 2.45) is 0 Å². The molecule has 0 fully saturated rings. The molecule has 30 heavy (non-hydrogen) atoms. The van der Waals surface area contributed by atoms with Gasteiger partial charge in [-0.3, -0.25) is 0 Å². The number of para-hydroxylation sites is 1. The topological polar surface area (TPSA) is 126 Å². The Morgan fingerprint density at radius 2 is 1.97 bits per heavy atom. The lowest BCUT2D eigenvalue weighted by Gasteiger charge is -2.16. The SMILES string of the molecule is COc1ccccc1[C@H](C)CNc1cc(-c2ccc(Nc3nn[nH]n3)nc2)ncn1. The number of rotatable bonds is 8. The molecule has 0 saturated heterocycles. The Hall–Kier alpha value is -4.08. The van der Waals surface area contributed by atoms with Crippen molar-refractivity contribution in [3.05, 3.63) is 60.6 Å². The number of aromatic nitrogens is 7. The van der Waals surface area contributed by atoms with Gasteiger partial charge in [0.15, 0.2) is 0 Å². The first-order valence-electron chi connectivity index (χ1n) is 9.38. The minimum atomic E-state index is 0.247. The van der Waals surface area contributed by atoms with Gasteiger partial charge in [0.1, 0.15) is 23.7 Å². The standard InChI is InChI=1S/C20H21N9O/c1-13(15-5-3-4-6-17(15)30-2)10-21-19-9-16(23-12-24-19)14-7-8-18(22-11-14)25-20-26-28-29-27-20/h3-9,11-13H,10H2,1-2H3,(H,21,23,24)(H2,22,25,26,27,28,29)/t13-/m1/s1. The Kier molecular flexibility index (Phi) is 5.74. The lowest BCUT2D eigenvalue weighted by Crippen LogP contribution is -2.12. The average molecular weight is 403 g/mol. The van der Waals surface area contributed by atoms with Crippen molar-refractivity contribution in [2.75, 3.05) is 24.3 Å². The van der Waals surface area contributed by atoms with Gasteiger partial charge in [-0.15, -0.1) is 5.10 Å². The molecule has 10 heteroatoms. The summed E-state index contributed by atoms with van der Waals surface area (Å²) < 4.78 is 5.46. The molecule has 0 aliphatic heterocycles. The van der Waals surface area contributed by atoms with Gasteiger partial charge in [0.05, 0.1) is 12.8 Å². The van der Waals surface area contributed by atoms with E-state index in [1.807, 2.05) is 36.4 Å². The number of hydrogen-bond acceptors (Lipinski definition) is 9. The molecule has 1 atom stereocenters. The van der Waals surface area contributed by atoms with E-state index in [-0.39, 0.29) is 5.92 Å². The van der Waals surface area contributed by atoms with Gasteiger partial charge in [-0.25, -0.2) is 15.0 Å². The van der Waals surface area contributed by atoms with Gasteiger partial charge in [-0.1, -0.05) is 30.2 Å². The number of anilines is 3. The van der Waals surface area contributed by atoms with E-state index >= 15 is 0 Å². The second kappa shape index (κ2) is 8.95. The van der Waals surface area contributed by atoms with E-state index in [0.29, 0.717) is 18.3 Å². The van der Waals surface area contributed by atoms with Crippen LogP contribution < -0.4 is 15.4 Å². The number of tetrazole rings is 1. The zero-order valence-corrected chi connectivity index (χ0v) is 16.6. The summed E-state index contributed by atoms with van der Waals surface area (Å²) >= 11 is 0. The predicted molar refractivity (Wildman–Crippen MR) is 113 cm³/mol. The second-order valence-corrected chi connectivity index (χ2v) is 6.60. The first-order chi connectivity index (χ1) is 14.7. The Morgan fingerprint density at radius 3 is 2.73 bits per heavy atom. The molecule has 4 rings (SSSR count). The summed E-state index contributed by atoms with van der Waals surface area (Å²) in [6.45, 7) is 2.86. The smallest absolute Gasteiger partial charge is 0.268 e. The van der Waals surface area contributed by atoms with Crippen LogP contribution in [0.5, 0.6) is 5.75 Å². The summed E-state index contributed by atoms with van der Waals surface area (Å²) in [5, 5.41) is 19.9. The van der Waals surface area contributed by atoms with Crippen molar-refractivity contribution < 1.29 is 4.74 Å². The summed E-state index contributed by atoms with van der Waals surface area (Å²) in [7, 11) is 1.69. The number of ether oxygens (including phenoxy) is 1. The van der Waals surface area contributed by atoms with E-state index in [0.717, 1.165) is 28.4 Å². The van der Waals surface area contributed by atoms with Gasteiger partial charge in [-0.05, 0) is 29.0 Å². The van der Waals surface area contributed by atoms with Crippen molar-refractivity contribution in [1.29, 1.82) is 0 Å². The lowest BCUT2D eigenvalue weighted by atomic mass is 10.00. The van der Waals surface area contributed by atoms with Gasteiger partial charge in [0.2, 0.25) is 0 Å². The molecule has 0 bridgehead atoms. The fourth-order valence-electron chi connectivity index (χ4n) is 3.00. The molecule has 152 valence electrons. The first kappa shape index (κ1) is 19.2. The zero-order chi connectivity index (χ0) is 20.8. The average Bonchev–Trinajstić information content (AvgIpc) is 3.31. The summed E-state index contributed by atoms with van der Waals surface area (Å²) in [6.07, 6.45) is 3.27. The molecule has 4 aromatic rings. The van der Waals surface area contributed by atoms with Crippen LogP contribution in [0.4, 0.5) is 17.6 Å². The van der Waals surface area contributed by atoms with Crippen LogP contribution in [0.15, 0.2) is 55.0 Å². The van der Waals surface area contributed by atoms with Crippen LogP contribution >= 0.6 is 0 Å². The van der Waals surface area contributed by atoms with Gasteiger partial charge < -0.3 is 15.4 Å². The molecule has 0 aliphatic carbocycles. The number of nitrogens with zero attached hydrogens (tertiary/aromatic N) is 6. The molecular formula is C20H21N9O. The van der Waals surface area contributed by atoms with E-state index in [2.05, 4.69) is 59.2 Å². The number of aromatic amines is 1. The lowest BCUT2D eigenvalue weighted by molar-refractivity contribution is 0.407. The highest BCUT2D eigenvalue weighted by atomic mass is 16.5. The van der Waals surface area contributed by atoms with E-state index in [9.17, 15) is 0 Å². The number of nitrogens with one attached hydrogen (secondary N) is 3. The molecule has 0 amide bonds. The Morgan fingerprint density at radius 1 is 1.07 bits per heavy atom. The highest BCUT2D eigenvalue weighted by molar-refractivity contribution is 5.63. The minimum absolute atomic E-state index is 0.247. The summed E-state index contributed by atoms with van der Waals surface area (Å²) in [6, 6.07) is 13.7. The Balaban J connectivity index is 1.42. The predicted octanol–water partition coefficient (Wildman–Crippen LogP) is 3.02. The minimum Gasteiger partial charge on any atom is -0.496 e. The van der Waals surface area contributed by atoms with Crippen molar-refractivity contribution in [1.82, 2.24) is 35.6 Å². The molecule has 1 aromatic carbocycles. The molecule has 3 N–H and O–H groups in total. The van der Waals surface area contributed by atoms with E-state index in [4.69, 9.17) is 4.74 Å². The molecule has 0 saturated carbocycles. The van der Waals surface area contributed by atoms with Crippen molar-refractivity contribution in [2.45, 2.75) is 12.8 Å². The van der Waals surface area contributed by atoms with Crippen LogP contribution in [0.3, 0.4) is 0 Å². The zero-order valence-electron chi connectivity index (χ0n) is 16.6. The van der Waals surface area contributed by atoms with Gasteiger partial charge in [0.25, 0.3) is 5.95 Å². The first-order valence-corrected chi connectivity index (χ1v) is 9.38. The third-order valence-corrected chi connectivity index (χ3v) is 4.57. The van der Waals surface area contributed by atoms with Crippen LogP contribution in [0.25, 0.3) is 11.3 Å². The van der Waals surface area contributed by atoms with Crippen LogP contribution in [0.2, 0.25) is 0 Å². The Labute approximate surface area is 173 Å². The number of H-pyrrole nitrogens is 1. The maximum atomic E-state index is 5.46. The third kappa shape index (κ3) is 4.49. The Bertz CT molecular complexity index is 1080. The third-order valence-electron chi connectivity index (χ3n) is 4.57. The highest BCUT2D eigenvalue weighted by Gasteiger charge is 2.11. The van der Waals surface area contributed by atoms with Gasteiger partial charge in [0, 0.05) is 30.3 Å². The number of benzene rings is 1. The van der Waals surface area contributed by atoms with E-state index in [1.165, 1.54) is 6.33 Å². The summed E-state index contributed by atoms with van der Waals surface area (Å²) in [5.41, 5.74) is 2.80. The fraction of sp³-hybridized carbons (Fsp3) is 0.200. The van der Waals surface area contributed by atoms with Crippen LogP contribution in [0.1, 0.15) is 18.4 Å². The second-order valence-electron chi connectivity index (χ2n) is 6.60. The normalized spacial score (nSPS) is 11.7. The number of pyridine rings is 1. The van der Waals surface area contributed by atoms with Gasteiger partial charge in [-0.2, -0.15) is 5.21 Å². The molecule has 0 unspecified atom stereocenters. The highest BCUT2D eigenvalue weighted by Crippen LogP contribution is 2.26. The van der Waals surface area contributed by atoms with E-state index < -0.39 is 0 Å². The maximum Gasteiger partial charge on any atom is 0.268 e. The van der Waals surface area contributed by atoms with Gasteiger partial charge >= 0.3 is 0 Å². The van der Waals surface area contributed by atoms with Crippen molar-refractivity contribution >= 4 is 17.6 Å². The van der Waals surface area contributed by atoms with Crippen LogP contribution in [-0.2, 0) is 0 Å². The number of hydrogen-bond donors (Lipinski definition) is 3. The van der Waals surface area contributed by atoms with Crippen molar-refractivity contribution in [3.63, 3.8) is 0 Å². The molecule has 0 radical (unpaired) electrons. The molecule has 0 aliphatic rings. The molecular weight excluding hydrogens is 382 g/mol. The summed E-state index contributed by atoms with van der Waals surface area (Å²) in [4.78, 5) is 13.0. The maximum absolute atomic E-state index is 5.46. The molecule has 3 aromatic heterocycles. The van der Waals surface area contributed by atoms with Crippen LogP contribution in [-0.4, -0.2) is 49.2 Å². The van der Waals surface area contributed by atoms with E-state index in [1.54, 1.807) is 13.3 Å². The fourth-order valence-corrected chi connectivity index (χ4v) is 3.00.